The van der Waals surface area contributed by atoms with Crippen LogP contribution in [0.1, 0.15) is 22.9 Å². The van der Waals surface area contributed by atoms with E-state index in [2.05, 4.69) is 31.2 Å². The first kappa shape index (κ1) is 17.0. The van der Waals surface area contributed by atoms with E-state index < -0.39 is 0 Å². The maximum atomic E-state index is 12.0. The number of pyridine rings is 1. The van der Waals surface area contributed by atoms with Crippen molar-refractivity contribution in [1.82, 2.24) is 15.3 Å². The molecule has 1 N–H and O–H groups in total. The molecule has 3 rings (SSSR count). The number of hydrogen-bond acceptors (Lipinski definition) is 5. The van der Waals surface area contributed by atoms with Gasteiger partial charge in [0.1, 0.15) is 5.01 Å². The molecule has 0 aliphatic carbocycles. The average molecular weight is 420 g/mol. The Kier molecular flexibility index (Phi) is 5.55. The van der Waals surface area contributed by atoms with Crippen LogP contribution in [0.25, 0.3) is 17.3 Å². The predicted octanol–water partition coefficient (Wildman–Crippen LogP) is 4.92. The molecule has 0 aliphatic rings. The number of thiophene rings is 1. The summed E-state index contributed by atoms with van der Waals surface area (Å²) in [6, 6.07) is 7.63. The lowest BCUT2D eigenvalue weighted by molar-refractivity contribution is -0.117. The smallest absolute Gasteiger partial charge is 0.244 e. The maximum Gasteiger partial charge on any atom is 0.244 e. The molecule has 0 radical (unpaired) electrons. The summed E-state index contributed by atoms with van der Waals surface area (Å²) in [5.74, 6) is -0.134. The Labute approximate surface area is 156 Å². The van der Waals surface area contributed by atoms with Gasteiger partial charge in [0.15, 0.2) is 0 Å². The molecular weight excluding hydrogens is 406 g/mol. The van der Waals surface area contributed by atoms with Gasteiger partial charge in [0.05, 0.1) is 15.5 Å². The van der Waals surface area contributed by atoms with Gasteiger partial charge in [0.2, 0.25) is 5.91 Å². The van der Waals surface area contributed by atoms with Crippen LogP contribution in [0.3, 0.4) is 0 Å². The summed E-state index contributed by atoms with van der Waals surface area (Å²) < 4.78 is 1.04. The zero-order chi connectivity index (χ0) is 16.9. The number of nitrogens with zero attached hydrogens (tertiary/aromatic N) is 2. The van der Waals surface area contributed by atoms with Crippen molar-refractivity contribution in [3.05, 3.63) is 61.8 Å². The number of carbonyl (C=O) groups excluding carboxylic acids is 1. The second kappa shape index (κ2) is 7.83. The van der Waals surface area contributed by atoms with Gasteiger partial charge in [-0.1, -0.05) is 0 Å². The summed E-state index contributed by atoms with van der Waals surface area (Å²) in [5, 5.41) is 5.79. The largest absolute Gasteiger partial charge is 0.344 e. The summed E-state index contributed by atoms with van der Waals surface area (Å²) in [4.78, 5) is 21.8. The fraction of sp³-hybridized carbons (Fsp3) is 0.118. The topological polar surface area (TPSA) is 54.9 Å². The molecule has 0 spiro atoms. The highest BCUT2D eigenvalue weighted by Gasteiger charge is 2.13. The van der Waals surface area contributed by atoms with Gasteiger partial charge in [0.25, 0.3) is 0 Å². The van der Waals surface area contributed by atoms with Crippen molar-refractivity contribution in [3.8, 4) is 11.3 Å². The Morgan fingerprint density at radius 2 is 2.25 bits per heavy atom. The summed E-state index contributed by atoms with van der Waals surface area (Å²) in [5.41, 5.74) is 1.85. The van der Waals surface area contributed by atoms with Gasteiger partial charge in [-0.2, -0.15) is 0 Å². The molecule has 0 aliphatic heterocycles. The number of carbonyl (C=O) groups is 1. The Morgan fingerprint density at radius 3 is 2.96 bits per heavy atom. The average Bonchev–Trinajstić information content (AvgIpc) is 3.23. The van der Waals surface area contributed by atoms with Crippen molar-refractivity contribution in [1.29, 1.82) is 0 Å². The third kappa shape index (κ3) is 4.37. The Hall–Kier alpha value is -1.83. The molecule has 1 unspecified atom stereocenters. The molecule has 0 aromatic carbocycles. The third-order valence-corrected chi connectivity index (χ3v) is 5.82. The minimum absolute atomic E-state index is 0.134. The van der Waals surface area contributed by atoms with Crippen LogP contribution in [0, 0.1) is 0 Å². The molecule has 1 atom stereocenters. The second-order valence-corrected chi connectivity index (χ2v) is 8.40. The number of nitrogens with one attached hydrogen (secondary N) is 1. The van der Waals surface area contributed by atoms with Gasteiger partial charge in [-0.25, -0.2) is 4.98 Å². The first-order chi connectivity index (χ1) is 11.6. The van der Waals surface area contributed by atoms with E-state index in [1.165, 1.54) is 11.3 Å². The van der Waals surface area contributed by atoms with Gasteiger partial charge >= 0.3 is 0 Å². The molecule has 3 aromatic rings. The van der Waals surface area contributed by atoms with Crippen LogP contribution in [0.5, 0.6) is 0 Å². The molecule has 0 fully saturated rings. The highest BCUT2D eigenvalue weighted by atomic mass is 79.9. The van der Waals surface area contributed by atoms with Crippen LogP contribution in [0.4, 0.5) is 0 Å². The summed E-state index contributed by atoms with van der Waals surface area (Å²) in [6.45, 7) is 1.93. The molecule has 7 heteroatoms. The third-order valence-electron chi connectivity index (χ3n) is 3.20. The van der Waals surface area contributed by atoms with E-state index >= 15 is 0 Å². The molecule has 4 nitrogen and oxygen atoms in total. The van der Waals surface area contributed by atoms with Crippen LogP contribution in [0.15, 0.2) is 51.9 Å². The van der Waals surface area contributed by atoms with E-state index in [0.29, 0.717) is 0 Å². The molecular formula is C17H14BrN3OS2. The number of rotatable bonds is 5. The van der Waals surface area contributed by atoms with Crippen LogP contribution < -0.4 is 5.32 Å². The Balaban J connectivity index is 1.62. The molecule has 0 saturated heterocycles. The van der Waals surface area contributed by atoms with Gasteiger partial charge < -0.3 is 5.32 Å². The first-order valence-electron chi connectivity index (χ1n) is 7.21. The lowest BCUT2D eigenvalue weighted by Crippen LogP contribution is -2.24. The van der Waals surface area contributed by atoms with Crippen molar-refractivity contribution in [3.63, 3.8) is 0 Å². The number of amides is 1. The highest BCUT2D eigenvalue weighted by molar-refractivity contribution is 9.11. The zero-order valence-corrected chi connectivity index (χ0v) is 16.0. The van der Waals surface area contributed by atoms with Crippen LogP contribution in [-0.2, 0) is 4.79 Å². The SMILES string of the molecule is CC(NC(=O)C=Cc1ccc(Br)s1)c1nc(-c2cccnc2)cs1. The van der Waals surface area contributed by atoms with E-state index in [9.17, 15) is 4.79 Å². The van der Waals surface area contributed by atoms with Crippen molar-refractivity contribution in [2.24, 2.45) is 0 Å². The monoisotopic (exact) mass is 419 g/mol. The van der Waals surface area contributed by atoms with Crippen molar-refractivity contribution >= 4 is 50.6 Å². The van der Waals surface area contributed by atoms with Gasteiger partial charge in [-0.15, -0.1) is 22.7 Å². The molecule has 122 valence electrons. The van der Waals surface area contributed by atoms with E-state index in [4.69, 9.17) is 0 Å². The van der Waals surface area contributed by atoms with E-state index in [1.54, 1.807) is 35.9 Å². The fourth-order valence-electron chi connectivity index (χ4n) is 2.03. The highest BCUT2D eigenvalue weighted by Crippen LogP contribution is 2.25. The number of halogens is 1. The van der Waals surface area contributed by atoms with Crippen LogP contribution in [0.2, 0.25) is 0 Å². The number of hydrogen-bond donors (Lipinski definition) is 1. The molecule has 0 saturated carbocycles. The minimum atomic E-state index is -0.146. The Bertz CT molecular complexity index is 858. The van der Waals surface area contributed by atoms with E-state index in [0.717, 1.165) is 24.9 Å². The Morgan fingerprint density at radius 1 is 1.38 bits per heavy atom. The van der Waals surface area contributed by atoms with E-state index in [1.807, 2.05) is 36.6 Å². The summed E-state index contributed by atoms with van der Waals surface area (Å²) >= 11 is 6.51. The maximum absolute atomic E-state index is 12.0. The van der Waals surface area contributed by atoms with Gasteiger partial charge in [-0.05, 0) is 53.2 Å². The molecule has 1 amide bonds. The van der Waals surface area contributed by atoms with E-state index in [-0.39, 0.29) is 11.9 Å². The van der Waals surface area contributed by atoms with Crippen molar-refractivity contribution in [2.75, 3.05) is 0 Å². The summed E-state index contributed by atoms with van der Waals surface area (Å²) in [7, 11) is 0. The second-order valence-electron chi connectivity index (χ2n) is 5.02. The van der Waals surface area contributed by atoms with Crippen molar-refractivity contribution in [2.45, 2.75) is 13.0 Å². The normalized spacial score (nSPS) is 12.4. The molecule has 0 bridgehead atoms. The fourth-order valence-corrected chi connectivity index (χ4v) is 4.19. The molecule has 24 heavy (non-hydrogen) atoms. The molecule has 3 heterocycles. The quantitative estimate of drug-likeness (QED) is 0.597. The number of thiazole rings is 1. The minimum Gasteiger partial charge on any atom is -0.344 e. The van der Waals surface area contributed by atoms with Gasteiger partial charge in [0, 0.05) is 34.3 Å². The van der Waals surface area contributed by atoms with Crippen LogP contribution in [-0.4, -0.2) is 15.9 Å². The van der Waals surface area contributed by atoms with Gasteiger partial charge in [-0.3, -0.25) is 9.78 Å². The number of aromatic nitrogens is 2. The standard InChI is InChI=1S/C17H14BrN3OS2/c1-11(20-16(22)7-5-13-4-6-15(18)24-13)17-21-14(10-23-17)12-3-2-8-19-9-12/h2-11H,1H3,(H,20,22). The lowest BCUT2D eigenvalue weighted by atomic mass is 10.2. The zero-order valence-electron chi connectivity index (χ0n) is 12.8. The lowest BCUT2D eigenvalue weighted by Gasteiger charge is -2.08. The molecule has 3 aromatic heterocycles. The van der Waals surface area contributed by atoms with Crippen LogP contribution >= 0.6 is 38.6 Å². The summed E-state index contributed by atoms with van der Waals surface area (Å²) in [6.07, 6.45) is 6.87. The predicted molar refractivity (Wildman–Crippen MR) is 103 cm³/mol. The first-order valence-corrected chi connectivity index (χ1v) is 9.70. The van der Waals surface area contributed by atoms with Crippen molar-refractivity contribution < 1.29 is 4.79 Å².